The van der Waals surface area contributed by atoms with E-state index in [1.807, 2.05) is 35.7 Å². The Hall–Kier alpha value is -2.35. The van der Waals surface area contributed by atoms with Gasteiger partial charge in [-0.1, -0.05) is 30.3 Å². The fraction of sp³-hybridized carbons (Fsp3) is 0.158. The van der Waals surface area contributed by atoms with Crippen LogP contribution in [0.4, 0.5) is 0 Å². The van der Waals surface area contributed by atoms with E-state index in [9.17, 15) is 14.1 Å². The molecule has 2 aromatic heterocycles. The smallest absolute Gasteiger partial charge is 0.340 e. The summed E-state index contributed by atoms with van der Waals surface area (Å²) in [6.07, 6.45) is 0. The number of rotatable bonds is 2. The Labute approximate surface area is 157 Å². The van der Waals surface area contributed by atoms with Crippen LogP contribution in [-0.2, 0) is 22.5 Å². The van der Waals surface area contributed by atoms with Crippen LogP contribution in [-0.4, -0.2) is 28.0 Å². The zero-order chi connectivity index (χ0) is 18.3. The van der Waals surface area contributed by atoms with Gasteiger partial charge in [0.05, 0.1) is 24.9 Å². The minimum Gasteiger partial charge on any atom is -0.611 e. The molecule has 0 bridgehead atoms. The lowest BCUT2D eigenvalue weighted by atomic mass is 10.0. The number of pyridine rings is 1. The van der Waals surface area contributed by atoms with E-state index in [-0.39, 0.29) is 12.1 Å². The lowest BCUT2D eigenvalue weighted by molar-refractivity contribution is 0.0601. The molecule has 0 spiro atoms. The standard InChI is InChI=1S/C19H15NO4S2/c1-24-19(22)14-11-13(12-5-3-2-4-6-12)18(21)20-8-10-26(23)15-7-9-25-17(15)16(14)20/h2-7,9,11H,8,10H2,1H3. The van der Waals surface area contributed by atoms with E-state index in [0.29, 0.717) is 32.3 Å². The Balaban J connectivity index is 2.07. The van der Waals surface area contributed by atoms with E-state index < -0.39 is 17.1 Å². The van der Waals surface area contributed by atoms with E-state index in [4.69, 9.17) is 4.74 Å². The first-order chi connectivity index (χ1) is 12.6. The number of methoxy groups -OCH3 is 1. The van der Waals surface area contributed by atoms with Gasteiger partial charge in [0.1, 0.15) is 10.6 Å². The lowest BCUT2D eigenvalue weighted by Gasteiger charge is -2.15. The minimum atomic E-state index is -1.21. The highest BCUT2D eigenvalue weighted by Gasteiger charge is 2.31. The topological polar surface area (TPSA) is 71.4 Å². The zero-order valence-corrected chi connectivity index (χ0v) is 15.6. The van der Waals surface area contributed by atoms with Crippen LogP contribution in [0.2, 0.25) is 0 Å². The van der Waals surface area contributed by atoms with Crippen molar-refractivity contribution in [1.29, 1.82) is 0 Å². The van der Waals surface area contributed by atoms with Crippen molar-refractivity contribution in [2.75, 3.05) is 12.9 Å². The number of carbonyl (C=O) groups is 1. The second kappa shape index (κ2) is 6.75. The molecule has 132 valence electrons. The molecule has 0 radical (unpaired) electrons. The third-order valence-corrected chi connectivity index (χ3v) is 6.80. The van der Waals surface area contributed by atoms with Gasteiger partial charge in [-0.05, 0) is 28.2 Å². The summed E-state index contributed by atoms with van der Waals surface area (Å²) in [5.41, 5.74) is 1.78. The van der Waals surface area contributed by atoms with Crippen LogP contribution in [0.15, 0.2) is 57.5 Å². The van der Waals surface area contributed by atoms with Crippen molar-refractivity contribution in [3.05, 3.63) is 63.8 Å². The molecular weight excluding hydrogens is 370 g/mol. The predicted octanol–water partition coefficient (Wildman–Crippen LogP) is 3.15. The number of ether oxygens (including phenoxy) is 1. The summed E-state index contributed by atoms with van der Waals surface area (Å²) in [7, 11) is 1.32. The fourth-order valence-corrected chi connectivity index (χ4v) is 5.61. The summed E-state index contributed by atoms with van der Waals surface area (Å²) < 4.78 is 19.1. The maximum atomic E-state index is 13.2. The summed E-state index contributed by atoms with van der Waals surface area (Å²) in [4.78, 5) is 27.0. The van der Waals surface area contributed by atoms with Gasteiger partial charge in [-0.25, -0.2) is 4.79 Å². The molecule has 5 nitrogen and oxygen atoms in total. The van der Waals surface area contributed by atoms with Gasteiger partial charge in [0.2, 0.25) is 0 Å². The molecule has 0 saturated heterocycles. The fourth-order valence-electron chi connectivity index (χ4n) is 3.15. The van der Waals surface area contributed by atoms with E-state index >= 15 is 0 Å². The molecule has 0 N–H and O–H groups in total. The number of thiophene rings is 1. The molecule has 7 heteroatoms. The van der Waals surface area contributed by atoms with Crippen molar-refractivity contribution in [2.24, 2.45) is 0 Å². The number of aromatic nitrogens is 1. The summed E-state index contributed by atoms with van der Waals surface area (Å²) in [6, 6.07) is 12.6. The van der Waals surface area contributed by atoms with Gasteiger partial charge in [0, 0.05) is 11.6 Å². The van der Waals surface area contributed by atoms with Crippen molar-refractivity contribution in [2.45, 2.75) is 11.4 Å². The molecule has 4 rings (SSSR count). The second-order valence-corrected chi connectivity index (χ2v) is 8.25. The number of hydrogen-bond acceptors (Lipinski definition) is 5. The van der Waals surface area contributed by atoms with Crippen LogP contribution >= 0.6 is 11.3 Å². The van der Waals surface area contributed by atoms with Crippen LogP contribution in [0.3, 0.4) is 0 Å². The van der Waals surface area contributed by atoms with Gasteiger partial charge in [0.25, 0.3) is 5.56 Å². The summed E-state index contributed by atoms with van der Waals surface area (Å²) >= 11 is 0.165. The molecule has 3 aromatic rings. The Bertz CT molecular complexity index is 1040. The number of fused-ring (bicyclic) bond motifs is 3. The molecule has 1 aliphatic heterocycles. The van der Waals surface area contributed by atoms with Gasteiger partial charge >= 0.3 is 5.97 Å². The van der Waals surface area contributed by atoms with Gasteiger partial charge in [-0.3, -0.25) is 4.79 Å². The van der Waals surface area contributed by atoms with Gasteiger partial charge in [-0.2, -0.15) is 0 Å². The highest BCUT2D eigenvalue weighted by atomic mass is 32.2. The highest BCUT2D eigenvalue weighted by Crippen LogP contribution is 2.38. The zero-order valence-electron chi connectivity index (χ0n) is 13.9. The van der Waals surface area contributed by atoms with E-state index in [1.54, 1.807) is 16.7 Å². The van der Waals surface area contributed by atoms with Gasteiger partial charge in [0.15, 0.2) is 4.90 Å². The third-order valence-electron chi connectivity index (χ3n) is 4.37. The second-order valence-electron chi connectivity index (χ2n) is 5.80. The average molecular weight is 385 g/mol. The first-order valence-corrected chi connectivity index (χ1v) is 10.2. The van der Waals surface area contributed by atoms with Gasteiger partial charge in [-0.15, -0.1) is 11.3 Å². The van der Waals surface area contributed by atoms with Crippen molar-refractivity contribution in [1.82, 2.24) is 4.57 Å². The minimum absolute atomic E-state index is 0.197. The number of hydrogen-bond donors (Lipinski definition) is 0. The largest absolute Gasteiger partial charge is 0.611 e. The van der Waals surface area contributed by atoms with E-state index in [0.717, 1.165) is 5.56 Å². The summed E-state index contributed by atoms with van der Waals surface area (Å²) in [6.45, 7) is 0.285. The molecule has 26 heavy (non-hydrogen) atoms. The molecule has 0 fully saturated rings. The quantitative estimate of drug-likeness (QED) is 0.502. The monoisotopic (exact) mass is 385 g/mol. The molecule has 1 aromatic carbocycles. The van der Waals surface area contributed by atoms with Crippen LogP contribution in [0, 0.1) is 0 Å². The Morgan fingerprint density at radius 1 is 1.27 bits per heavy atom. The van der Waals surface area contributed by atoms with Gasteiger partial charge < -0.3 is 13.9 Å². The molecule has 1 atom stereocenters. The van der Waals surface area contributed by atoms with Crippen molar-refractivity contribution >= 4 is 28.5 Å². The predicted molar refractivity (Wildman–Crippen MR) is 102 cm³/mol. The molecule has 1 aliphatic rings. The number of nitrogens with zero attached hydrogens (tertiary/aromatic N) is 1. The molecule has 0 saturated carbocycles. The number of carbonyl (C=O) groups excluding carboxylic acids is 1. The van der Waals surface area contributed by atoms with Crippen molar-refractivity contribution in [3.63, 3.8) is 0 Å². The maximum absolute atomic E-state index is 13.2. The summed E-state index contributed by atoms with van der Waals surface area (Å²) in [5, 5.41) is 1.83. The first-order valence-electron chi connectivity index (χ1n) is 7.99. The van der Waals surface area contributed by atoms with Crippen LogP contribution < -0.4 is 5.56 Å². The Morgan fingerprint density at radius 2 is 2.04 bits per heavy atom. The molecule has 3 heterocycles. The normalized spacial score (nSPS) is 15.7. The highest BCUT2D eigenvalue weighted by molar-refractivity contribution is 7.91. The van der Waals surface area contributed by atoms with Crippen molar-refractivity contribution < 1.29 is 14.1 Å². The molecule has 0 aliphatic carbocycles. The van der Waals surface area contributed by atoms with E-state index in [1.165, 1.54) is 18.4 Å². The van der Waals surface area contributed by atoms with Crippen LogP contribution in [0.5, 0.6) is 0 Å². The number of esters is 1. The van der Waals surface area contributed by atoms with Crippen LogP contribution in [0.1, 0.15) is 10.4 Å². The molecule has 0 amide bonds. The molecule has 1 unspecified atom stereocenters. The average Bonchev–Trinajstić information content (AvgIpc) is 3.11. The Morgan fingerprint density at radius 3 is 2.77 bits per heavy atom. The summed E-state index contributed by atoms with van der Waals surface area (Å²) in [5.74, 6) is -0.187. The number of benzene rings is 1. The van der Waals surface area contributed by atoms with Crippen LogP contribution in [0.25, 0.3) is 21.7 Å². The SMILES string of the molecule is COC(=O)c1cc(-c2ccccc2)c(=O)n2c1-c1sccc1[S+]([O-])CC2. The Kier molecular flexibility index (Phi) is 4.44. The van der Waals surface area contributed by atoms with Crippen molar-refractivity contribution in [3.8, 4) is 21.7 Å². The third kappa shape index (κ3) is 2.68. The first kappa shape index (κ1) is 17.1. The lowest BCUT2D eigenvalue weighted by Crippen LogP contribution is -2.27. The molecular formula is C19H15NO4S2. The maximum Gasteiger partial charge on any atom is 0.340 e. The van der Waals surface area contributed by atoms with E-state index in [2.05, 4.69) is 0 Å².